The van der Waals surface area contributed by atoms with Crippen LogP contribution in [0.15, 0.2) is 18.2 Å². The number of hydrogen-bond donors (Lipinski definition) is 2. The molecule has 0 aromatic heterocycles. The van der Waals surface area contributed by atoms with Crippen LogP contribution in [0.1, 0.15) is 30.1 Å². The molecule has 0 radical (unpaired) electrons. The van der Waals surface area contributed by atoms with Crippen LogP contribution in [-0.4, -0.2) is 29.6 Å². The molecule has 0 bridgehead atoms. The molecule has 1 aliphatic heterocycles. The van der Waals surface area contributed by atoms with E-state index in [1.165, 1.54) is 12.8 Å². The zero-order valence-corrected chi connectivity index (χ0v) is 10.7. The fraction of sp³-hybridized carbons (Fsp3) is 0.538. The number of nitrogens with zero attached hydrogens (tertiary/aromatic N) is 1. The van der Waals surface area contributed by atoms with Gasteiger partial charge in [-0.05, 0) is 43.1 Å². The fourth-order valence-electron chi connectivity index (χ4n) is 2.22. The molecule has 0 amide bonds. The summed E-state index contributed by atoms with van der Waals surface area (Å²) >= 11 is 6.23. The second-order valence-corrected chi connectivity index (χ2v) is 4.99. The van der Waals surface area contributed by atoms with Crippen molar-refractivity contribution in [2.24, 2.45) is 5.73 Å². The van der Waals surface area contributed by atoms with Crippen molar-refractivity contribution in [3.05, 3.63) is 34.3 Å². The molecule has 0 saturated carbocycles. The summed E-state index contributed by atoms with van der Waals surface area (Å²) in [5, 5.41) is 10.4. The quantitative estimate of drug-likeness (QED) is 0.863. The molecular weight excluding hydrogens is 236 g/mol. The predicted octanol–water partition coefficient (Wildman–Crippen LogP) is 1.93. The van der Waals surface area contributed by atoms with Crippen molar-refractivity contribution in [3.63, 3.8) is 0 Å². The molecule has 1 saturated heterocycles. The number of aliphatic hydroxyl groups is 1. The Hall–Kier alpha value is -0.610. The van der Waals surface area contributed by atoms with Gasteiger partial charge in [0.1, 0.15) is 0 Å². The lowest BCUT2D eigenvalue weighted by Crippen LogP contribution is -2.18. The highest BCUT2D eigenvalue weighted by atomic mass is 35.5. The lowest BCUT2D eigenvalue weighted by Gasteiger charge is -2.17. The average Bonchev–Trinajstić information content (AvgIpc) is 2.83. The highest BCUT2D eigenvalue weighted by Crippen LogP contribution is 2.24. The number of nitrogens with two attached hydrogens (primary N) is 1. The number of rotatable bonds is 4. The Morgan fingerprint density at radius 2 is 2.06 bits per heavy atom. The molecule has 1 unspecified atom stereocenters. The highest BCUT2D eigenvalue weighted by molar-refractivity contribution is 6.31. The third-order valence-electron chi connectivity index (χ3n) is 3.28. The fourth-order valence-corrected chi connectivity index (χ4v) is 2.47. The van der Waals surface area contributed by atoms with Gasteiger partial charge in [-0.2, -0.15) is 0 Å². The summed E-state index contributed by atoms with van der Waals surface area (Å²) < 4.78 is 0. The Kier molecular flexibility index (Phi) is 4.40. The van der Waals surface area contributed by atoms with E-state index in [9.17, 15) is 5.11 Å². The van der Waals surface area contributed by atoms with E-state index in [1.807, 2.05) is 18.2 Å². The van der Waals surface area contributed by atoms with Crippen LogP contribution in [0.2, 0.25) is 5.02 Å². The monoisotopic (exact) mass is 254 g/mol. The van der Waals surface area contributed by atoms with Gasteiger partial charge in [0.25, 0.3) is 0 Å². The van der Waals surface area contributed by atoms with Gasteiger partial charge in [-0.25, -0.2) is 0 Å². The van der Waals surface area contributed by atoms with E-state index in [2.05, 4.69) is 4.90 Å². The molecule has 3 N–H and O–H groups in total. The van der Waals surface area contributed by atoms with Crippen molar-refractivity contribution in [1.82, 2.24) is 4.90 Å². The normalized spacial score (nSPS) is 18.5. The Bertz CT molecular complexity index is 378. The lowest BCUT2D eigenvalue weighted by atomic mass is 10.1. The van der Waals surface area contributed by atoms with Crippen LogP contribution in [0.25, 0.3) is 0 Å². The van der Waals surface area contributed by atoms with E-state index >= 15 is 0 Å². The SMILES string of the molecule is NCC(O)c1ccc(CN2CCCC2)c(Cl)c1. The second kappa shape index (κ2) is 5.83. The van der Waals surface area contributed by atoms with Crippen molar-refractivity contribution < 1.29 is 5.11 Å². The van der Waals surface area contributed by atoms with E-state index in [-0.39, 0.29) is 6.54 Å². The zero-order valence-electron chi connectivity index (χ0n) is 9.90. The predicted molar refractivity (Wildman–Crippen MR) is 70.0 cm³/mol. The molecule has 1 heterocycles. The summed E-state index contributed by atoms with van der Waals surface area (Å²) in [5.41, 5.74) is 7.34. The minimum absolute atomic E-state index is 0.224. The molecule has 4 heteroatoms. The topological polar surface area (TPSA) is 49.5 Å². The van der Waals surface area contributed by atoms with Crippen LogP contribution in [0.3, 0.4) is 0 Å². The number of benzene rings is 1. The van der Waals surface area contributed by atoms with Crippen LogP contribution < -0.4 is 5.73 Å². The first-order valence-corrected chi connectivity index (χ1v) is 6.47. The first kappa shape index (κ1) is 12.8. The standard InChI is InChI=1S/C13H19ClN2O/c14-12-7-10(13(17)8-15)3-4-11(12)9-16-5-1-2-6-16/h3-4,7,13,17H,1-2,5-6,8-9,15H2. The molecule has 1 aromatic carbocycles. The van der Waals surface area contributed by atoms with Gasteiger partial charge in [-0.1, -0.05) is 23.7 Å². The molecule has 0 spiro atoms. The van der Waals surface area contributed by atoms with Gasteiger partial charge in [0.05, 0.1) is 6.10 Å². The molecule has 94 valence electrons. The molecule has 1 aliphatic rings. The first-order chi connectivity index (χ1) is 8.20. The smallest absolute Gasteiger partial charge is 0.0912 e. The number of aliphatic hydroxyl groups excluding tert-OH is 1. The van der Waals surface area contributed by atoms with E-state index in [0.29, 0.717) is 0 Å². The van der Waals surface area contributed by atoms with Gasteiger partial charge < -0.3 is 10.8 Å². The van der Waals surface area contributed by atoms with Crippen molar-refractivity contribution in [3.8, 4) is 0 Å². The van der Waals surface area contributed by atoms with Gasteiger partial charge in [-0.15, -0.1) is 0 Å². The van der Waals surface area contributed by atoms with E-state index in [1.54, 1.807) is 0 Å². The number of likely N-dealkylation sites (tertiary alicyclic amines) is 1. The third-order valence-corrected chi connectivity index (χ3v) is 3.63. The Morgan fingerprint density at radius 1 is 1.35 bits per heavy atom. The van der Waals surface area contributed by atoms with Gasteiger partial charge in [-0.3, -0.25) is 4.90 Å². The van der Waals surface area contributed by atoms with Crippen LogP contribution in [0, 0.1) is 0 Å². The maximum atomic E-state index is 9.63. The van der Waals surface area contributed by atoms with Crippen molar-refractivity contribution in [2.75, 3.05) is 19.6 Å². The Morgan fingerprint density at radius 3 is 2.65 bits per heavy atom. The molecule has 0 aliphatic carbocycles. The van der Waals surface area contributed by atoms with Gasteiger partial charge in [0, 0.05) is 18.1 Å². The Balaban J connectivity index is 2.08. The maximum absolute atomic E-state index is 9.63. The summed E-state index contributed by atoms with van der Waals surface area (Å²) in [6.45, 7) is 3.44. The minimum atomic E-state index is -0.617. The van der Waals surface area contributed by atoms with E-state index in [4.69, 9.17) is 17.3 Å². The summed E-state index contributed by atoms with van der Waals surface area (Å²) in [6, 6.07) is 5.73. The molecular formula is C13H19ClN2O. The highest BCUT2D eigenvalue weighted by Gasteiger charge is 2.14. The maximum Gasteiger partial charge on any atom is 0.0912 e. The summed E-state index contributed by atoms with van der Waals surface area (Å²) in [4.78, 5) is 2.40. The van der Waals surface area contributed by atoms with Crippen molar-refractivity contribution in [2.45, 2.75) is 25.5 Å². The number of hydrogen-bond acceptors (Lipinski definition) is 3. The third kappa shape index (κ3) is 3.19. The van der Waals surface area contributed by atoms with Gasteiger partial charge >= 0.3 is 0 Å². The van der Waals surface area contributed by atoms with E-state index < -0.39 is 6.10 Å². The van der Waals surface area contributed by atoms with E-state index in [0.717, 1.165) is 35.8 Å². The second-order valence-electron chi connectivity index (χ2n) is 4.59. The van der Waals surface area contributed by atoms with Crippen LogP contribution >= 0.6 is 11.6 Å². The number of halogens is 1. The lowest BCUT2D eigenvalue weighted by molar-refractivity contribution is 0.186. The molecule has 17 heavy (non-hydrogen) atoms. The zero-order chi connectivity index (χ0) is 12.3. The molecule has 1 atom stereocenters. The summed E-state index contributed by atoms with van der Waals surface area (Å²) in [6.07, 6.45) is 1.94. The first-order valence-electron chi connectivity index (χ1n) is 6.09. The van der Waals surface area contributed by atoms with Crippen molar-refractivity contribution >= 4 is 11.6 Å². The van der Waals surface area contributed by atoms with Crippen molar-refractivity contribution in [1.29, 1.82) is 0 Å². The largest absolute Gasteiger partial charge is 0.387 e. The minimum Gasteiger partial charge on any atom is -0.387 e. The van der Waals surface area contributed by atoms with Gasteiger partial charge in [0.15, 0.2) is 0 Å². The van der Waals surface area contributed by atoms with Crippen LogP contribution in [-0.2, 0) is 6.54 Å². The average molecular weight is 255 g/mol. The summed E-state index contributed by atoms with van der Waals surface area (Å²) in [5.74, 6) is 0. The molecule has 2 rings (SSSR count). The van der Waals surface area contributed by atoms with Crippen LogP contribution in [0.4, 0.5) is 0 Å². The van der Waals surface area contributed by atoms with Crippen LogP contribution in [0.5, 0.6) is 0 Å². The van der Waals surface area contributed by atoms with Gasteiger partial charge in [0.2, 0.25) is 0 Å². The molecule has 1 fully saturated rings. The Labute approximate surface area is 107 Å². The summed E-state index contributed by atoms with van der Waals surface area (Å²) in [7, 11) is 0. The molecule has 3 nitrogen and oxygen atoms in total. The molecule has 1 aromatic rings.